The molecule has 0 amide bonds. The number of aromatic nitrogens is 1. The van der Waals surface area contributed by atoms with Gasteiger partial charge >= 0.3 is 5.97 Å². The average molecular weight is 280 g/mol. The second kappa shape index (κ2) is 6.70. The summed E-state index contributed by atoms with van der Waals surface area (Å²) in [6.07, 6.45) is 0.872. The largest absolute Gasteiger partial charge is 0.478 e. The average Bonchev–Trinajstić information content (AvgIpc) is 2.37. The van der Waals surface area contributed by atoms with E-state index in [0.29, 0.717) is 12.4 Å². The third-order valence-corrected chi connectivity index (χ3v) is 3.06. The lowest BCUT2D eigenvalue weighted by atomic mass is 9.90. The van der Waals surface area contributed by atoms with Crippen molar-refractivity contribution >= 4 is 11.8 Å². The van der Waals surface area contributed by atoms with Crippen molar-refractivity contribution in [1.29, 1.82) is 0 Å². The van der Waals surface area contributed by atoms with Gasteiger partial charge in [-0.05, 0) is 18.6 Å². The van der Waals surface area contributed by atoms with Gasteiger partial charge in [0.15, 0.2) is 0 Å². The van der Waals surface area contributed by atoms with Gasteiger partial charge in [0.05, 0.1) is 5.56 Å². The molecule has 1 aromatic rings. The van der Waals surface area contributed by atoms with E-state index in [2.05, 4.69) is 4.98 Å². The molecule has 0 aliphatic rings. The first kappa shape index (κ1) is 16.4. The van der Waals surface area contributed by atoms with Gasteiger partial charge in [-0.25, -0.2) is 9.78 Å². The first-order chi connectivity index (χ1) is 9.25. The van der Waals surface area contributed by atoms with Gasteiger partial charge in [0, 0.05) is 38.4 Å². The van der Waals surface area contributed by atoms with Gasteiger partial charge in [-0.2, -0.15) is 0 Å². The quantitative estimate of drug-likeness (QED) is 0.811. The number of aromatic carboxylic acids is 1. The fourth-order valence-electron chi connectivity index (χ4n) is 1.78. The van der Waals surface area contributed by atoms with Crippen LogP contribution in [-0.2, 0) is 10.2 Å². The van der Waals surface area contributed by atoms with Crippen LogP contribution in [-0.4, -0.2) is 43.4 Å². The Morgan fingerprint density at radius 1 is 1.40 bits per heavy atom. The second-order valence-electron chi connectivity index (χ2n) is 5.92. The van der Waals surface area contributed by atoms with Gasteiger partial charge in [0.25, 0.3) is 0 Å². The molecule has 1 heterocycles. The van der Waals surface area contributed by atoms with Crippen LogP contribution in [0.5, 0.6) is 0 Å². The molecule has 20 heavy (non-hydrogen) atoms. The molecule has 0 radical (unpaired) electrons. The molecule has 1 N–H and O–H groups in total. The SMILES string of the molecule is COCCCN(C)c1cc(C(=O)O)cc(C(C)(C)C)n1. The topological polar surface area (TPSA) is 62.7 Å². The van der Waals surface area contributed by atoms with E-state index in [9.17, 15) is 9.90 Å². The molecule has 0 bridgehead atoms. The highest BCUT2D eigenvalue weighted by Gasteiger charge is 2.20. The maximum atomic E-state index is 11.2. The van der Waals surface area contributed by atoms with Gasteiger partial charge in [0.2, 0.25) is 0 Å². The monoisotopic (exact) mass is 280 g/mol. The van der Waals surface area contributed by atoms with Gasteiger partial charge in [-0.1, -0.05) is 20.8 Å². The minimum atomic E-state index is -0.926. The zero-order chi connectivity index (χ0) is 15.3. The Bertz CT molecular complexity index is 467. The van der Waals surface area contributed by atoms with Crippen molar-refractivity contribution < 1.29 is 14.6 Å². The lowest BCUT2D eigenvalue weighted by Crippen LogP contribution is -2.24. The van der Waals surface area contributed by atoms with E-state index in [1.807, 2.05) is 32.7 Å². The Kier molecular flexibility index (Phi) is 5.51. The van der Waals surface area contributed by atoms with Crippen molar-refractivity contribution in [3.8, 4) is 0 Å². The summed E-state index contributed by atoms with van der Waals surface area (Å²) in [5.74, 6) is -0.240. The molecule has 5 heteroatoms. The van der Waals surface area contributed by atoms with Crippen LogP contribution in [0.3, 0.4) is 0 Å². The van der Waals surface area contributed by atoms with Crippen molar-refractivity contribution in [3.05, 3.63) is 23.4 Å². The molecule has 0 aliphatic carbocycles. The lowest BCUT2D eigenvalue weighted by molar-refractivity contribution is 0.0696. The molecule has 0 saturated carbocycles. The minimum absolute atomic E-state index is 0.187. The first-order valence-electron chi connectivity index (χ1n) is 6.71. The van der Waals surface area contributed by atoms with Crippen LogP contribution in [0.2, 0.25) is 0 Å². The Balaban J connectivity index is 3.06. The van der Waals surface area contributed by atoms with Crippen molar-refractivity contribution in [3.63, 3.8) is 0 Å². The van der Waals surface area contributed by atoms with Crippen LogP contribution >= 0.6 is 0 Å². The summed E-state index contributed by atoms with van der Waals surface area (Å²) < 4.78 is 5.03. The fourth-order valence-corrected chi connectivity index (χ4v) is 1.78. The first-order valence-corrected chi connectivity index (χ1v) is 6.71. The summed E-state index contributed by atoms with van der Waals surface area (Å²) in [4.78, 5) is 17.8. The van der Waals surface area contributed by atoms with Crippen LogP contribution in [0.25, 0.3) is 0 Å². The number of ether oxygens (including phenoxy) is 1. The number of anilines is 1. The van der Waals surface area contributed by atoms with Crippen LogP contribution in [0, 0.1) is 0 Å². The van der Waals surface area contributed by atoms with Crippen LogP contribution in [0.15, 0.2) is 12.1 Å². The zero-order valence-corrected chi connectivity index (χ0v) is 12.9. The molecule has 0 atom stereocenters. The predicted octanol–water partition coefficient (Wildman–Crippen LogP) is 2.55. The predicted molar refractivity (Wildman–Crippen MR) is 79.7 cm³/mol. The summed E-state index contributed by atoms with van der Waals surface area (Å²) in [6, 6.07) is 3.26. The Morgan fingerprint density at radius 2 is 2.05 bits per heavy atom. The molecule has 0 unspecified atom stereocenters. The number of hydrogen-bond donors (Lipinski definition) is 1. The molecular formula is C15H24N2O3. The van der Waals surface area contributed by atoms with E-state index >= 15 is 0 Å². The molecule has 0 saturated heterocycles. The summed E-state index contributed by atoms with van der Waals surface area (Å²) >= 11 is 0. The summed E-state index contributed by atoms with van der Waals surface area (Å²) in [5, 5.41) is 9.23. The van der Waals surface area contributed by atoms with Crippen molar-refractivity contribution in [2.75, 3.05) is 32.2 Å². The van der Waals surface area contributed by atoms with E-state index in [0.717, 1.165) is 18.7 Å². The molecule has 0 fully saturated rings. The van der Waals surface area contributed by atoms with Crippen molar-refractivity contribution in [2.45, 2.75) is 32.6 Å². The molecule has 112 valence electrons. The van der Waals surface area contributed by atoms with E-state index in [-0.39, 0.29) is 11.0 Å². The number of nitrogens with zero attached hydrogens (tertiary/aromatic N) is 2. The van der Waals surface area contributed by atoms with E-state index in [1.165, 1.54) is 0 Å². The van der Waals surface area contributed by atoms with Crippen LogP contribution in [0.4, 0.5) is 5.82 Å². The smallest absolute Gasteiger partial charge is 0.335 e. The second-order valence-corrected chi connectivity index (χ2v) is 5.92. The third-order valence-electron chi connectivity index (χ3n) is 3.06. The number of carboxylic acid groups (broad SMARTS) is 1. The molecular weight excluding hydrogens is 256 g/mol. The number of methoxy groups -OCH3 is 1. The summed E-state index contributed by atoms with van der Waals surface area (Å²) in [5.41, 5.74) is 0.873. The maximum Gasteiger partial charge on any atom is 0.335 e. The summed E-state index contributed by atoms with van der Waals surface area (Å²) in [6.45, 7) is 7.52. The Hall–Kier alpha value is -1.62. The van der Waals surface area contributed by atoms with Crippen molar-refractivity contribution in [2.24, 2.45) is 0 Å². The molecule has 0 spiro atoms. The molecule has 5 nitrogen and oxygen atoms in total. The highest BCUT2D eigenvalue weighted by molar-refractivity contribution is 5.88. The Labute approximate surface area is 120 Å². The van der Waals surface area contributed by atoms with Gasteiger partial charge < -0.3 is 14.7 Å². The number of pyridine rings is 1. The van der Waals surface area contributed by atoms with E-state index < -0.39 is 5.97 Å². The lowest BCUT2D eigenvalue weighted by Gasteiger charge is -2.23. The number of carbonyl (C=O) groups is 1. The molecule has 0 aromatic carbocycles. The maximum absolute atomic E-state index is 11.2. The highest BCUT2D eigenvalue weighted by atomic mass is 16.5. The fraction of sp³-hybridized carbons (Fsp3) is 0.600. The van der Waals surface area contributed by atoms with E-state index in [1.54, 1.807) is 19.2 Å². The van der Waals surface area contributed by atoms with Crippen LogP contribution in [0.1, 0.15) is 43.2 Å². The minimum Gasteiger partial charge on any atom is -0.478 e. The number of hydrogen-bond acceptors (Lipinski definition) is 4. The number of carboxylic acids is 1. The highest BCUT2D eigenvalue weighted by Crippen LogP contribution is 2.24. The van der Waals surface area contributed by atoms with Gasteiger partial charge in [-0.15, -0.1) is 0 Å². The summed E-state index contributed by atoms with van der Waals surface area (Å²) in [7, 11) is 3.58. The molecule has 0 aliphatic heterocycles. The Morgan fingerprint density at radius 3 is 2.55 bits per heavy atom. The van der Waals surface area contributed by atoms with E-state index in [4.69, 9.17) is 4.74 Å². The number of rotatable bonds is 6. The standard InChI is InChI=1S/C15H24N2O3/c1-15(2,3)12-9-11(14(18)19)10-13(16-12)17(4)7-6-8-20-5/h9-10H,6-8H2,1-5H3,(H,18,19). The van der Waals surface area contributed by atoms with Gasteiger partial charge in [-0.3, -0.25) is 0 Å². The molecule has 1 aromatic heterocycles. The molecule has 1 rings (SSSR count). The van der Waals surface area contributed by atoms with Crippen molar-refractivity contribution in [1.82, 2.24) is 4.98 Å². The third kappa shape index (κ3) is 4.49. The van der Waals surface area contributed by atoms with Gasteiger partial charge in [0.1, 0.15) is 5.82 Å². The normalized spacial score (nSPS) is 11.4. The zero-order valence-electron chi connectivity index (χ0n) is 12.9. The van der Waals surface area contributed by atoms with Crippen LogP contribution < -0.4 is 4.90 Å².